The van der Waals surface area contributed by atoms with Crippen molar-refractivity contribution < 1.29 is 9.53 Å². The van der Waals surface area contributed by atoms with Crippen LogP contribution >= 0.6 is 0 Å². The lowest BCUT2D eigenvalue weighted by Gasteiger charge is -2.71. The highest BCUT2D eigenvalue weighted by Gasteiger charge is 2.68. The average Bonchev–Trinajstić information content (AvgIpc) is 2.53. The zero-order chi connectivity index (χ0) is 18.6. The summed E-state index contributed by atoms with van der Waals surface area (Å²) < 4.78 is 5.07. The summed E-state index contributed by atoms with van der Waals surface area (Å²) in [5.74, 6) is -0.230. The predicted molar refractivity (Wildman–Crippen MR) is 105 cm³/mol. The van der Waals surface area contributed by atoms with Crippen LogP contribution in [0.15, 0.2) is 48.5 Å². The standard InChI is InChI=1S/C24H28O2/c1-5-26-21(25)17-6-8-19(9-7-17)23-14-24(15-23,16-23)20-12-10-18(11-13-20)22(2,3)4/h6-13H,5,14-16H2,1-4H3. The maximum absolute atomic E-state index is 11.8. The topological polar surface area (TPSA) is 26.3 Å². The van der Waals surface area contributed by atoms with Gasteiger partial charge in [0.25, 0.3) is 0 Å². The van der Waals surface area contributed by atoms with E-state index < -0.39 is 0 Å². The Labute approximate surface area is 156 Å². The first-order valence-corrected chi connectivity index (χ1v) is 9.67. The molecule has 3 fully saturated rings. The fourth-order valence-corrected chi connectivity index (χ4v) is 4.90. The Balaban J connectivity index is 1.46. The van der Waals surface area contributed by atoms with Crippen LogP contribution in [-0.2, 0) is 21.0 Å². The summed E-state index contributed by atoms with van der Waals surface area (Å²) >= 11 is 0. The molecule has 0 atom stereocenters. The Morgan fingerprint density at radius 2 is 1.35 bits per heavy atom. The molecule has 2 bridgehead atoms. The molecular weight excluding hydrogens is 320 g/mol. The van der Waals surface area contributed by atoms with Gasteiger partial charge in [-0.25, -0.2) is 4.79 Å². The van der Waals surface area contributed by atoms with E-state index in [1.807, 2.05) is 19.1 Å². The van der Waals surface area contributed by atoms with Gasteiger partial charge in [0, 0.05) is 0 Å². The first-order valence-electron chi connectivity index (χ1n) is 9.67. The summed E-state index contributed by atoms with van der Waals surface area (Å²) in [6, 6.07) is 17.4. The quantitative estimate of drug-likeness (QED) is 0.679. The van der Waals surface area contributed by atoms with Gasteiger partial charge in [0.1, 0.15) is 0 Å². The largest absolute Gasteiger partial charge is 0.462 e. The number of esters is 1. The molecule has 3 aliphatic carbocycles. The van der Waals surface area contributed by atoms with Crippen LogP contribution in [0.4, 0.5) is 0 Å². The number of hydrogen-bond acceptors (Lipinski definition) is 2. The van der Waals surface area contributed by atoms with Crippen molar-refractivity contribution in [2.75, 3.05) is 6.61 Å². The first kappa shape index (κ1) is 17.3. The third-order valence-electron chi connectivity index (χ3n) is 6.40. The van der Waals surface area contributed by atoms with Crippen molar-refractivity contribution in [2.24, 2.45) is 0 Å². The zero-order valence-electron chi connectivity index (χ0n) is 16.3. The molecular formula is C24H28O2. The van der Waals surface area contributed by atoms with E-state index in [-0.39, 0.29) is 11.4 Å². The predicted octanol–water partition coefficient (Wildman–Crippen LogP) is 5.53. The van der Waals surface area contributed by atoms with Gasteiger partial charge in [-0.05, 0) is 71.3 Å². The van der Waals surface area contributed by atoms with Gasteiger partial charge in [-0.1, -0.05) is 57.2 Å². The highest BCUT2D eigenvalue weighted by molar-refractivity contribution is 5.89. The van der Waals surface area contributed by atoms with E-state index in [1.165, 1.54) is 36.0 Å². The van der Waals surface area contributed by atoms with Crippen molar-refractivity contribution in [3.63, 3.8) is 0 Å². The van der Waals surface area contributed by atoms with Crippen LogP contribution in [0, 0.1) is 0 Å². The first-order chi connectivity index (χ1) is 12.3. The number of ether oxygens (including phenoxy) is 1. The number of rotatable bonds is 4. The van der Waals surface area contributed by atoms with Crippen molar-refractivity contribution in [3.8, 4) is 0 Å². The van der Waals surface area contributed by atoms with Crippen molar-refractivity contribution in [1.29, 1.82) is 0 Å². The third-order valence-corrected chi connectivity index (χ3v) is 6.40. The Morgan fingerprint density at radius 1 is 0.885 bits per heavy atom. The Bertz CT molecular complexity index is 802. The van der Waals surface area contributed by atoms with Crippen molar-refractivity contribution >= 4 is 5.97 Å². The van der Waals surface area contributed by atoms with Crippen molar-refractivity contribution in [2.45, 2.75) is 63.2 Å². The van der Waals surface area contributed by atoms with Crippen LogP contribution in [0.1, 0.15) is 74.0 Å². The molecule has 0 saturated heterocycles. The summed E-state index contributed by atoms with van der Waals surface area (Å²) in [5.41, 5.74) is 5.84. The van der Waals surface area contributed by atoms with Gasteiger partial charge in [-0.3, -0.25) is 0 Å². The molecule has 0 aromatic heterocycles. The average molecular weight is 348 g/mol. The third kappa shape index (κ3) is 2.58. The second-order valence-corrected chi connectivity index (χ2v) is 9.22. The molecule has 0 radical (unpaired) electrons. The summed E-state index contributed by atoms with van der Waals surface area (Å²) in [5, 5.41) is 0. The molecule has 0 unspecified atom stereocenters. The van der Waals surface area contributed by atoms with E-state index in [0.29, 0.717) is 23.0 Å². The van der Waals surface area contributed by atoms with Gasteiger partial charge < -0.3 is 4.74 Å². The monoisotopic (exact) mass is 348 g/mol. The maximum atomic E-state index is 11.8. The highest BCUT2D eigenvalue weighted by Crippen LogP contribution is 2.73. The lowest BCUT2D eigenvalue weighted by atomic mass is 9.32. The minimum Gasteiger partial charge on any atom is -0.462 e. The highest BCUT2D eigenvalue weighted by atomic mass is 16.5. The number of hydrogen-bond donors (Lipinski definition) is 0. The summed E-state index contributed by atoms with van der Waals surface area (Å²) in [4.78, 5) is 11.8. The summed E-state index contributed by atoms with van der Waals surface area (Å²) in [6.07, 6.45) is 3.69. The van der Waals surface area contributed by atoms with E-state index in [9.17, 15) is 4.79 Å². The van der Waals surface area contributed by atoms with E-state index in [2.05, 4.69) is 57.2 Å². The van der Waals surface area contributed by atoms with E-state index >= 15 is 0 Å². The molecule has 5 rings (SSSR count). The molecule has 2 aromatic carbocycles. The van der Waals surface area contributed by atoms with Gasteiger partial charge in [0.15, 0.2) is 0 Å². The molecule has 0 N–H and O–H groups in total. The van der Waals surface area contributed by atoms with Crippen molar-refractivity contribution in [1.82, 2.24) is 0 Å². The lowest BCUT2D eigenvalue weighted by Crippen LogP contribution is -2.67. The Kier molecular flexibility index (Phi) is 3.80. The van der Waals surface area contributed by atoms with Crippen molar-refractivity contribution in [3.05, 3.63) is 70.8 Å². The minimum absolute atomic E-state index is 0.208. The lowest BCUT2D eigenvalue weighted by molar-refractivity contribution is -0.0693. The molecule has 3 saturated carbocycles. The Hall–Kier alpha value is -2.09. The smallest absolute Gasteiger partial charge is 0.338 e. The normalized spacial score (nSPS) is 26.6. The second-order valence-electron chi connectivity index (χ2n) is 9.22. The van der Waals surface area contributed by atoms with Gasteiger partial charge >= 0.3 is 5.97 Å². The van der Waals surface area contributed by atoms with E-state index in [1.54, 1.807) is 0 Å². The van der Waals surface area contributed by atoms with E-state index in [0.717, 1.165) is 0 Å². The fraction of sp³-hybridized carbons (Fsp3) is 0.458. The van der Waals surface area contributed by atoms with Crippen LogP contribution in [0.3, 0.4) is 0 Å². The number of carbonyl (C=O) groups excluding carboxylic acids is 1. The minimum atomic E-state index is -0.230. The summed E-state index contributed by atoms with van der Waals surface area (Å²) in [6.45, 7) is 9.04. The number of carbonyl (C=O) groups is 1. The zero-order valence-corrected chi connectivity index (χ0v) is 16.3. The molecule has 136 valence electrons. The van der Waals surface area contributed by atoms with Crippen LogP contribution in [0.2, 0.25) is 0 Å². The SMILES string of the molecule is CCOC(=O)c1ccc(C23CC(c4ccc(C(C)(C)C)cc4)(C2)C3)cc1. The molecule has 0 heterocycles. The van der Waals surface area contributed by atoms with Crippen LogP contribution in [-0.4, -0.2) is 12.6 Å². The van der Waals surface area contributed by atoms with Crippen LogP contribution in [0.25, 0.3) is 0 Å². The van der Waals surface area contributed by atoms with Crippen LogP contribution in [0.5, 0.6) is 0 Å². The van der Waals surface area contributed by atoms with Gasteiger partial charge in [-0.15, -0.1) is 0 Å². The molecule has 2 nitrogen and oxygen atoms in total. The van der Waals surface area contributed by atoms with Gasteiger partial charge in [0.2, 0.25) is 0 Å². The molecule has 3 aliphatic rings. The molecule has 0 amide bonds. The second kappa shape index (κ2) is 5.70. The molecule has 0 spiro atoms. The Morgan fingerprint density at radius 3 is 1.77 bits per heavy atom. The van der Waals surface area contributed by atoms with Gasteiger partial charge in [-0.2, -0.15) is 0 Å². The van der Waals surface area contributed by atoms with Gasteiger partial charge in [0.05, 0.1) is 12.2 Å². The maximum Gasteiger partial charge on any atom is 0.338 e. The van der Waals surface area contributed by atoms with E-state index in [4.69, 9.17) is 4.74 Å². The molecule has 26 heavy (non-hydrogen) atoms. The number of benzene rings is 2. The molecule has 2 aromatic rings. The molecule has 2 heteroatoms. The molecule has 0 aliphatic heterocycles. The van der Waals surface area contributed by atoms with Crippen LogP contribution < -0.4 is 0 Å². The fourth-order valence-electron chi connectivity index (χ4n) is 4.90. The summed E-state index contributed by atoms with van der Waals surface area (Å²) in [7, 11) is 0.